The van der Waals surface area contributed by atoms with Gasteiger partial charge in [-0.15, -0.1) is 0 Å². The van der Waals surface area contributed by atoms with Crippen LogP contribution in [0.25, 0.3) is 17.0 Å². The van der Waals surface area contributed by atoms with Crippen LogP contribution in [0.1, 0.15) is 28.6 Å². The van der Waals surface area contributed by atoms with Crippen molar-refractivity contribution in [3.63, 3.8) is 0 Å². The van der Waals surface area contributed by atoms with Gasteiger partial charge in [0, 0.05) is 55.2 Å². The van der Waals surface area contributed by atoms with Crippen LogP contribution in [-0.4, -0.2) is 47.8 Å². The van der Waals surface area contributed by atoms with E-state index < -0.39 is 0 Å². The molecular formula is C24H24N2O3. The summed E-state index contributed by atoms with van der Waals surface area (Å²) in [5.41, 5.74) is 2.49. The molecule has 4 rings (SSSR count). The van der Waals surface area contributed by atoms with E-state index in [-0.39, 0.29) is 11.8 Å². The first-order chi connectivity index (χ1) is 14.2. The Labute approximate surface area is 170 Å². The monoisotopic (exact) mass is 388 g/mol. The number of hydrogen-bond acceptors (Lipinski definition) is 3. The molecule has 0 N–H and O–H groups in total. The minimum atomic E-state index is -0.0378. The van der Waals surface area contributed by atoms with Crippen molar-refractivity contribution < 1.29 is 14.0 Å². The molecule has 1 aliphatic rings. The first-order valence-electron chi connectivity index (χ1n) is 9.99. The molecule has 2 aromatic carbocycles. The van der Waals surface area contributed by atoms with Gasteiger partial charge in [-0.2, -0.15) is 0 Å². The number of benzene rings is 2. The lowest BCUT2D eigenvalue weighted by molar-refractivity contribution is -0.127. The average Bonchev–Trinajstić information content (AvgIpc) is 3.15. The lowest BCUT2D eigenvalue weighted by atomic mass is 10.1. The van der Waals surface area contributed by atoms with Gasteiger partial charge in [-0.1, -0.05) is 43.3 Å². The van der Waals surface area contributed by atoms with Gasteiger partial charge in [0.25, 0.3) is 5.91 Å². The Kier molecular flexibility index (Phi) is 5.47. The molecule has 0 radical (unpaired) electrons. The van der Waals surface area contributed by atoms with E-state index in [4.69, 9.17) is 4.42 Å². The van der Waals surface area contributed by atoms with Gasteiger partial charge in [0.15, 0.2) is 0 Å². The summed E-state index contributed by atoms with van der Waals surface area (Å²) in [7, 11) is 0. The number of nitrogens with zero attached hydrogens (tertiary/aromatic N) is 2. The lowest BCUT2D eigenvalue weighted by Crippen LogP contribution is -2.50. The fraction of sp³-hybridized carbons (Fsp3) is 0.250. The molecule has 1 aliphatic heterocycles. The molecule has 0 aliphatic carbocycles. The predicted molar refractivity (Wildman–Crippen MR) is 114 cm³/mol. The Balaban J connectivity index is 1.41. The zero-order valence-electron chi connectivity index (χ0n) is 16.5. The Morgan fingerprint density at radius 3 is 2.31 bits per heavy atom. The van der Waals surface area contributed by atoms with Crippen LogP contribution in [0, 0.1) is 0 Å². The first-order valence-corrected chi connectivity index (χ1v) is 9.99. The molecule has 2 heterocycles. The fourth-order valence-corrected chi connectivity index (χ4v) is 3.71. The highest BCUT2D eigenvalue weighted by Crippen LogP contribution is 2.27. The summed E-state index contributed by atoms with van der Waals surface area (Å²) < 4.78 is 5.89. The third-order valence-corrected chi connectivity index (χ3v) is 5.32. The second-order valence-electron chi connectivity index (χ2n) is 7.11. The molecule has 0 saturated carbocycles. The second kappa shape index (κ2) is 8.35. The van der Waals surface area contributed by atoms with E-state index in [0.29, 0.717) is 31.7 Å². The second-order valence-corrected chi connectivity index (χ2v) is 7.11. The lowest BCUT2D eigenvalue weighted by Gasteiger charge is -2.34. The third kappa shape index (κ3) is 3.94. The van der Waals surface area contributed by atoms with Crippen LogP contribution in [0.4, 0.5) is 0 Å². The number of carbonyl (C=O) groups excluding carboxylic acids is 2. The molecule has 3 aromatic rings. The van der Waals surface area contributed by atoms with Crippen molar-refractivity contribution >= 4 is 28.9 Å². The van der Waals surface area contributed by atoms with Gasteiger partial charge in [0.2, 0.25) is 5.91 Å². The van der Waals surface area contributed by atoms with E-state index in [1.165, 1.54) is 0 Å². The molecule has 29 heavy (non-hydrogen) atoms. The maximum absolute atomic E-state index is 12.7. The van der Waals surface area contributed by atoms with Crippen LogP contribution in [0.2, 0.25) is 0 Å². The normalized spacial score (nSPS) is 14.7. The van der Waals surface area contributed by atoms with E-state index in [1.54, 1.807) is 11.0 Å². The van der Waals surface area contributed by atoms with E-state index >= 15 is 0 Å². The summed E-state index contributed by atoms with van der Waals surface area (Å²) in [4.78, 5) is 28.8. The van der Waals surface area contributed by atoms with E-state index in [9.17, 15) is 9.59 Å². The van der Waals surface area contributed by atoms with Crippen LogP contribution >= 0.6 is 0 Å². The van der Waals surface area contributed by atoms with Gasteiger partial charge in [-0.25, -0.2) is 0 Å². The van der Waals surface area contributed by atoms with Gasteiger partial charge in [-0.05, 0) is 24.3 Å². The molecule has 0 unspecified atom stereocenters. The molecule has 0 atom stereocenters. The summed E-state index contributed by atoms with van der Waals surface area (Å²) in [6.07, 6.45) is 4.24. The number of rotatable bonds is 4. The van der Waals surface area contributed by atoms with Crippen molar-refractivity contribution in [2.24, 2.45) is 0 Å². The zero-order valence-corrected chi connectivity index (χ0v) is 16.5. The fourth-order valence-electron chi connectivity index (χ4n) is 3.71. The Bertz CT molecular complexity index is 1040. The number of furan rings is 1. The minimum absolute atomic E-state index is 0.0192. The van der Waals surface area contributed by atoms with Gasteiger partial charge < -0.3 is 14.2 Å². The van der Waals surface area contributed by atoms with Crippen molar-refractivity contribution in [1.29, 1.82) is 0 Å². The molecule has 2 amide bonds. The van der Waals surface area contributed by atoms with Crippen molar-refractivity contribution in [3.05, 3.63) is 77.6 Å². The molecule has 1 saturated heterocycles. The highest BCUT2D eigenvalue weighted by atomic mass is 16.3. The number of fused-ring (bicyclic) bond motifs is 1. The predicted octanol–water partition coefficient (Wildman–Crippen LogP) is 3.99. The van der Waals surface area contributed by atoms with Crippen molar-refractivity contribution in [2.45, 2.75) is 13.3 Å². The summed E-state index contributed by atoms with van der Waals surface area (Å²) in [6, 6.07) is 17.1. The number of hydrogen-bond donors (Lipinski definition) is 0. The number of piperazine rings is 1. The molecule has 0 spiro atoms. The highest BCUT2D eigenvalue weighted by molar-refractivity contribution is 5.97. The summed E-state index contributed by atoms with van der Waals surface area (Å²) in [5.74, 6) is 0.864. The quantitative estimate of drug-likeness (QED) is 0.635. The molecule has 1 aromatic heterocycles. The van der Waals surface area contributed by atoms with Crippen LogP contribution < -0.4 is 0 Å². The molecule has 148 valence electrons. The van der Waals surface area contributed by atoms with Crippen LogP contribution in [0.3, 0.4) is 0 Å². The SMILES string of the molecule is CCc1oc2ccccc2c1/C=C/C(=O)N1CCN(C(=O)c2ccccc2)CC1. The van der Waals surface area contributed by atoms with Crippen molar-refractivity contribution in [3.8, 4) is 0 Å². The summed E-state index contributed by atoms with van der Waals surface area (Å²) in [5, 5.41) is 1.02. The first kappa shape index (κ1) is 19.0. The molecule has 5 heteroatoms. The van der Waals surface area contributed by atoms with E-state index in [2.05, 4.69) is 0 Å². The third-order valence-electron chi connectivity index (χ3n) is 5.32. The highest BCUT2D eigenvalue weighted by Gasteiger charge is 2.24. The van der Waals surface area contributed by atoms with Crippen molar-refractivity contribution in [1.82, 2.24) is 9.80 Å². The number of amides is 2. The van der Waals surface area contributed by atoms with Crippen LogP contribution in [0.5, 0.6) is 0 Å². The average molecular weight is 388 g/mol. The maximum atomic E-state index is 12.7. The summed E-state index contributed by atoms with van der Waals surface area (Å²) >= 11 is 0. The minimum Gasteiger partial charge on any atom is -0.460 e. The Morgan fingerprint density at radius 1 is 0.931 bits per heavy atom. The molecule has 0 bridgehead atoms. The molecule has 5 nitrogen and oxygen atoms in total. The van der Waals surface area contributed by atoms with Crippen LogP contribution in [0.15, 0.2) is 65.1 Å². The number of para-hydroxylation sites is 1. The largest absolute Gasteiger partial charge is 0.460 e. The number of aryl methyl sites for hydroxylation is 1. The standard InChI is InChI=1S/C24H24N2O3/c1-2-21-20(19-10-6-7-11-22(19)29-21)12-13-23(27)25-14-16-26(17-15-25)24(28)18-8-4-3-5-9-18/h3-13H,2,14-17H2,1H3/b13-12+. The van der Waals surface area contributed by atoms with Crippen LogP contribution in [-0.2, 0) is 11.2 Å². The molecular weight excluding hydrogens is 364 g/mol. The number of carbonyl (C=O) groups is 2. The van der Waals surface area contributed by atoms with Gasteiger partial charge in [-0.3, -0.25) is 9.59 Å². The maximum Gasteiger partial charge on any atom is 0.253 e. The Hall–Kier alpha value is -3.34. The van der Waals surface area contributed by atoms with Gasteiger partial charge >= 0.3 is 0 Å². The van der Waals surface area contributed by atoms with Crippen molar-refractivity contribution in [2.75, 3.05) is 26.2 Å². The van der Waals surface area contributed by atoms with Gasteiger partial charge in [0.1, 0.15) is 11.3 Å². The van der Waals surface area contributed by atoms with E-state index in [0.717, 1.165) is 28.7 Å². The van der Waals surface area contributed by atoms with E-state index in [1.807, 2.05) is 72.5 Å². The summed E-state index contributed by atoms with van der Waals surface area (Å²) in [6.45, 7) is 4.20. The molecule has 1 fully saturated rings. The topological polar surface area (TPSA) is 53.8 Å². The van der Waals surface area contributed by atoms with Gasteiger partial charge in [0.05, 0.1) is 0 Å². The Morgan fingerprint density at radius 2 is 1.59 bits per heavy atom. The zero-order chi connectivity index (χ0) is 20.2. The smallest absolute Gasteiger partial charge is 0.253 e.